The molecule has 0 radical (unpaired) electrons. The molecule has 0 bridgehead atoms. The van der Waals surface area contributed by atoms with Crippen molar-refractivity contribution in [3.63, 3.8) is 0 Å². The van der Waals surface area contributed by atoms with Crippen molar-refractivity contribution >= 4 is 62.0 Å². The van der Waals surface area contributed by atoms with Crippen LogP contribution < -0.4 is 4.80 Å². The maximum atomic E-state index is 12.3. The van der Waals surface area contributed by atoms with Gasteiger partial charge in [0.05, 0.1) is 26.7 Å². The molecule has 0 saturated carbocycles. The number of terminal acetylenes is 1. The van der Waals surface area contributed by atoms with Gasteiger partial charge in [-0.3, -0.25) is 4.79 Å². The van der Waals surface area contributed by atoms with Gasteiger partial charge in [-0.05, 0) is 18.2 Å². The molecule has 0 atom stereocenters. The molecule has 1 aromatic carbocycles. The lowest BCUT2D eigenvalue weighted by Crippen LogP contribution is -2.16. The molecule has 3 nitrogen and oxygen atoms in total. The van der Waals surface area contributed by atoms with Crippen molar-refractivity contribution in [3.05, 3.63) is 49.4 Å². The van der Waals surface area contributed by atoms with Gasteiger partial charge in [0.15, 0.2) is 4.80 Å². The van der Waals surface area contributed by atoms with Gasteiger partial charge in [0.2, 0.25) is 0 Å². The first-order chi connectivity index (χ1) is 10.6. The highest BCUT2D eigenvalue weighted by molar-refractivity contribution is 7.20. The fourth-order valence-corrected chi connectivity index (χ4v) is 4.46. The van der Waals surface area contributed by atoms with Gasteiger partial charge in [-0.1, -0.05) is 52.6 Å². The summed E-state index contributed by atoms with van der Waals surface area (Å²) >= 11 is 14.4. The summed E-state index contributed by atoms with van der Waals surface area (Å²) in [5.74, 6) is 2.16. The van der Waals surface area contributed by atoms with E-state index >= 15 is 0 Å². The number of para-hydroxylation sites is 1. The molecule has 0 unspecified atom stereocenters. The van der Waals surface area contributed by atoms with E-state index in [2.05, 4.69) is 10.9 Å². The molecule has 7 heteroatoms. The number of halogens is 2. The van der Waals surface area contributed by atoms with E-state index in [1.807, 2.05) is 28.8 Å². The van der Waals surface area contributed by atoms with Crippen molar-refractivity contribution in [2.45, 2.75) is 6.54 Å². The number of carbonyl (C=O) groups is 1. The maximum absolute atomic E-state index is 12.3. The summed E-state index contributed by atoms with van der Waals surface area (Å²) in [5.41, 5.74) is 1.26. The Morgan fingerprint density at radius 1 is 1.32 bits per heavy atom. The number of thiazole rings is 1. The fourth-order valence-electron chi connectivity index (χ4n) is 1.98. The van der Waals surface area contributed by atoms with Crippen molar-refractivity contribution in [3.8, 4) is 12.3 Å². The molecule has 0 fully saturated rings. The summed E-state index contributed by atoms with van der Waals surface area (Å²) in [4.78, 5) is 17.0. The topological polar surface area (TPSA) is 34.4 Å². The van der Waals surface area contributed by atoms with Crippen LogP contribution in [0.5, 0.6) is 0 Å². The van der Waals surface area contributed by atoms with Crippen LogP contribution in [0, 0.1) is 12.3 Å². The van der Waals surface area contributed by atoms with Crippen LogP contribution in [-0.4, -0.2) is 10.5 Å². The Morgan fingerprint density at radius 3 is 2.77 bits per heavy atom. The first kappa shape index (κ1) is 15.3. The van der Waals surface area contributed by atoms with Gasteiger partial charge < -0.3 is 4.57 Å². The largest absolute Gasteiger partial charge is 0.305 e. The number of carbonyl (C=O) groups excluding carboxylic acids is 1. The van der Waals surface area contributed by atoms with E-state index in [0.29, 0.717) is 25.6 Å². The minimum atomic E-state index is -0.425. The Kier molecular flexibility index (Phi) is 4.37. The van der Waals surface area contributed by atoms with E-state index in [0.717, 1.165) is 21.6 Å². The van der Waals surface area contributed by atoms with Crippen LogP contribution in [-0.2, 0) is 6.54 Å². The van der Waals surface area contributed by atoms with Crippen molar-refractivity contribution in [1.82, 2.24) is 4.57 Å². The molecule has 2 aromatic heterocycles. The zero-order chi connectivity index (χ0) is 15.7. The Morgan fingerprint density at radius 2 is 2.09 bits per heavy atom. The van der Waals surface area contributed by atoms with Crippen molar-refractivity contribution in [1.29, 1.82) is 0 Å². The number of nitrogens with zero attached hydrogens (tertiary/aromatic N) is 2. The monoisotopic (exact) mass is 366 g/mol. The van der Waals surface area contributed by atoms with E-state index in [1.54, 1.807) is 0 Å². The molecule has 3 rings (SSSR count). The molecule has 3 aromatic rings. The van der Waals surface area contributed by atoms with Crippen LogP contribution in [0.4, 0.5) is 0 Å². The third kappa shape index (κ3) is 2.83. The quantitative estimate of drug-likeness (QED) is 0.617. The Bertz CT molecular complexity index is 975. The molecular formula is C15H8Cl2N2OS2. The van der Waals surface area contributed by atoms with E-state index in [4.69, 9.17) is 29.6 Å². The summed E-state index contributed by atoms with van der Waals surface area (Å²) in [6, 6.07) is 9.29. The van der Waals surface area contributed by atoms with Gasteiger partial charge in [-0.2, -0.15) is 4.99 Å². The van der Waals surface area contributed by atoms with Gasteiger partial charge in [0.1, 0.15) is 4.34 Å². The molecule has 0 aliphatic heterocycles. The second-order valence-electron chi connectivity index (χ2n) is 4.30. The normalized spacial score (nSPS) is 11.8. The number of hydrogen-bond acceptors (Lipinski definition) is 3. The summed E-state index contributed by atoms with van der Waals surface area (Å²) in [6.07, 6.45) is 5.42. The summed E-state index contributed by atoms with van der Waals surface area (Å²) < 4.78 is 3.64. The van der Waals surface area contributed by atoms with E-state index in [1.165, 1.54) is 17.4 Å². The average Bonchev–Trinajstić information content (AvgIpc) is 3.00. The Labute approximate surface area is 144 Å². The minimum Gasteiger partial charge on any atom is -0.305 e. The lowest BCUT2D eigenvalue weighted by molar-refractivity contribution is 0.0998. The Balaban J connectivity index is 2.16. The van der Waals surface area contributed by atoms with Crippen LogP contribution in [0.3, 0.4) is 0 Å². The molecule has 0 spiro atoms. The van der Waals surface area contributed by atoms with Crippen LogP contribution in [0.15, 0.2) is 35.3 Å². The lowest BCUT2D eigenvalue weighted by atomic mass is 10.3. The highest BCUT2D eigenvalue weighted by Gasteiger charge is 2.14. The van der Waals surface area contributed by atoms with Crippen LogP contribution >= 0.6 is 45.9 Å². The SMILES string of the molecule is C#CCn1c(=NC(=O)c2cc(Cl)sc2Cl)sc2ccccc21. The number of thiophene rings is 1. The molecule has 0 saturated heterocycles. The second-order valence-corrected chi connectivity index (χ2v) is 7.59. The number of benzene rings is 1. The molecule has 110 valence electrons. The molecule has 0 N–H and O–H groups in total. The van der Waals surface area contributed by atoms with Crippen LogP contribution in [0.1, 0.15) is 10.4 Å². The zero-order valence-corrected chi connectivity index (χ0v) is 14.2. The second kappa shape index (κ2) is 6.27. The summed E-state index contributed by atoms with van der Waals surface area (Å²) in [5, 5.41) is 0. The molecule has 0 aliphatic carbocycles. The average molecular weight is 367 g/mol. The first-order valence-electron chi connectivity index (χ1n) is 6.16. The molecule has 0 aliphatic rings. The van der Waals surface area contributed by atoms with Gasteiger partial charge in [-0.15, -0.1) is 17.8 Å². The summed E-state index contributed by atoms with van der Waals surface area (Å²) in [7, 11) is 0. The molecule has 22 heavy (non-hydrogen) atoms. The maximum Gasteiger partial charge on any atom is 0.282 e. The zero-order valence-electron chi connectivity index (χ0n) is 11.0. The Hall–Kier alpha value is -1.58. The van der Waals surface area contributed by atoms with E-state index in [-0.39, 0.29) is 0 Å². The first-order valence-corrected chi connectivity index (χ1v) is 8.55. The molecular weight excluding hydrogens is 359 g/mol. The summed E-state index contributed by atoms with van der Waals surface area (Å²) in [6.45, 7) is 0.342. The van der Waals surface area contributed by atoms with Gasteiger partial charge in [0.25, 0.3) is 5.91 Å². The number of fused-ring (bicyclic) bond motifs is 1. The van der Waals surface area contributed by atoms with Crippen molar-refractivity contribution in [2.24, 2.45) is 4.99 Å². The molecule has 1 amide bonds. The van der Waals surface area contributed by atoms with Gasteiger partial charge in [-0.25, -0.2) is 0 Å². The van der Waals surface area contributed by atoms with Gasteiger partial charge >= 0.3 is 0 Å². The predicted octanol–water partition coefficient (Wildman–Crippen LogP) is 4.45. The lowest BCUT2D eigenvalue weighted by Gasteiger charge is -1.98. The number of amides is 1. The number of aromatic nitrogens is 1. The highest BCUT2D eigenvalue weighted by Crippen LogP contribution is 2.31. The van der Waals surface area contributed by atoms with E-state index < -0.39 is 5.91 Å². The number of hydrogen-bond donors (Lipinski definition) is 0. The highest BCUT2D eigenvalue weighted by atomic mass is 35.5. The number of rotatable bonds is 2. The van der Waals surface area contributed by atoms with Crippen molar-refractivity contribution < 1.29 is 4.79 Å². The predicted molar refractivity (Wildman–Crippen MR) is 92.9 cm³/mol. The van der Waals surface area contributed by atoms with E-state index in [9.17, 15) is 4.79 Å². The third-order valence-corrected chi connectivity index (χ3v) is 5.47. The smallest absolute Gasteiger partial charge is 0.282 e. The third-order valence-electron chi connectivity index (χ3n) is 2.92. The molecule has 2 heterocycles. The van der Waals surface area contributed by atoms with Gasteiger partial charge in [0, 0.05) is 0 Å². The van der Waals surface area contributed by atoms with Crippen LogP contribution in [0.2, 0.25) is 8.67 Å². The van der Waals surface area contributed by atoms with Crippen LogP contribution in [0.25, 0.3) is 10.2 Å². The van der Waals surface area contributed by atoms with Crippen molar-refractivity contribution in [2.75, 3.05) is 0 Å². The standard InChI is InChI=1S/C15H8Cl2N2OS2/c1-2-7-19-10-5-3-4-6-11(10)21-15(19)18-14(20)9-8-12(16)22-13(9)17/h1,3-6,8H,7H2. The fraction of sp³-hybridized carbons (Fsp3) is 0.0667. The minimum absolute atomic E-state index is 0.307.